The second kappa shape index (κ2) is 8.99. The fourth-order valence-electron chi connectivity index (χ4n) is 3.62. The van der Waals surface area contributed by atoms with Crippen LogP contribution < -0.4 is 9.47 Å². The van der Waals surface area contributed by atoms with Gasteiger partial charge in [-0.2, -0.15) is 0 Å². The average Bonchev–Trinajstić information content (AvgIpc) is 3.16. The van der Waals surface area contributed by atoms with Crippen molar-refractivity contribution in [1.82, 2.24) is 9.97 Å². The minimum absolute atomic E-state index is 0.135. The average molecular weight is 493 g/mol. The van der Waals surface area contributed by atoms with Crippen LogP contribution in [0.25, 0.3) is 22.4 Å². The number of nitrogens with zero attached hydrogens (tertiary/aromatic N) is 1. The maximum atomic E-state index is 6.20. The molecule has 0 saturated carbocycles. The van der Waals surface area contributed by atoms with Crippen LogP contribution in [0.15, 0.2) is 59.1 Å². The molecule has 0 aliphatic carbocycles. The number of aryl methyl sites for hydroxylation is 1. The molecule has 0 aliphatic heterocycles. The van der Waals surface area contributed by atoms with Crippen molar-refractivity contribution in [2.75, 3.05) is 6.61 Å². The van der Waals surface area contributed by atoms with Gasteiger partial charge in [0.15, 0.2) is 11.5 Å². The van der Waals surface area contributed by atoms with Crippen LogP contribution in [0.5, 0.6) is 11.5 Å². The van der Waals surface area contributed by atoms with Crippen LogP contribution in [-0.4, -0.2) is 16.6 Å². The summed E-state index contributed by atoms with van der Waals surface area (Å²) in [5, 5.41) is 0. The lowest BCUT2D eigenvalue weighted by molar-refractivity contribution is 0.267. The number of ether oxygens (including phenoxy) is 2. The second-order valence-corrected chi connectivity index (χ2v) is 9.91. The van der Waals surface area contributed by atoms with Crippen molar-refractivity contribution in [1.29, 1.82) is 0 Å². The van der Waals surface area contributed by atoms with Crippen LogP contribution in [0.3, 0.4) is 0 Å². The molecular formula is C27H29BrN2O2. The van der Waals surface area contributed by atoms with Crippen LogP contribution in [0, 0.1) is 6.92 Å². The zero-order valence-corrected chi connectivity index (χ0v) is 20.8. The maximum absolute atomic E-state index is 6.20. The Bertz CT molecular complexity index is 1240. The van der Waals surface area contributed by atoms with Gasteiger partial charge in [-0.05, 0) is 76.1 Å². The molecular weight excluding hydrogens is 464 g/mol. The fourth-order valence-corrected chi connectivity index (χ4v) is 4.18. The molecule has 1 aromatic heterocycles. The highest BCUT2D eigenvalue weighted by molar-refractivity contribution is 9.10. The van der Waals surface area contributed by atoms with Crippen LogP contribution >= 0.6 is 15.9 Å². The summed E-state index contributed by atoms with van der Waals surface area (Å²) in [6, 6.07) is 18.8. The molecule has 1 N–H and O–H groups in total. The molecule has 0 bridgehead atoms. The SMILES string of the molecule is CCOc1cc(-c2nc3ccc(C)cc3[nH]2)cc(Br)c1OCc1ccc(C(C)(C)C)cc1. The Morgan fingerprint density at radius 1 is 0.969 bits per heavy atom. The van der Waals surface area contributed by atoms with Gasteiger partial charge in [-0.1, -0.05) is 51.1 Å². The number of nitrogens with one attached hydrogen (secondary N) is 1. The Labute approximate surface area is 198 Å². The molecule has 0 fully saturated rings. The largest absolute Gasteiger partial charge is 0.490 e. The van der Waals surface area contributed by atoms with Gasteiger partial charge in [0.2, 0.25) is 0 Å². The molecule has 3 aromatic carbocycles. The van der Waals surface area contributed by atoms with Crippen LogP contribution in [-0.2, 0) is 12.0 Å². The van der Waals surface area contributed by atoms with E-state index in [2.05, 4.69) is 85.0 Å². The fraction of sp³-hybridized carbons (Fsp3) is 0.296. The minimum atomic E-state index is 0.135. The number of hydrogen-bond acceptors (Lipinski definition) is 3. The molecule has 0 atom stereocenters. The summed E-state index contributed by atoms with van der Waals surface area (Å²) in [4.78, 5) is 8.16. The first-order chi connectivity index (χ1) is 15.2. The first kappa shape index (κ1) is 22.4. The van der Waals surface area contributed by atoms with Crippen molar-refractivity contribution in [3.05, 3.63) is 75.8 Å². The molecule has 4 rings (SSSR count). The molecule has 0 aliphatic rings. The van der Waals surface area contributed by atoms with Gasteiger partial charge in [0.05, 0.1) is 22.1 Å². The number of hydrogen-bond donors (Lipinski definition) is 1. The molecule has 4 nitrogen and oxygen atoms in total. The maximum Gasteiger partial charge on any atom is 0.175 e. The Hall–Kier alpha value is -2.79. The normalized spacial score (nSPS) is 11.7. The van der Waals surface area contributed by atoms with Gasteiger partial charge < -0.3 is 14.5 Å². The smallest absolute Gasteiger partial charge is 0.175 e. The predicted molar refractivity (Wildman–Crippen MR) is 135 cm³/mol. The number of aromatic amines is 1. The lowest BCUT2D eigenvalue weighted by Crippen LogP contribution is -2.10. The van der Waals surface area contributed by atoms with E-state index >= 15 is 0 Å². The summed E-state index contributed by atoms with van der Waals surface area (Å²) in [5.74, 6) is 2.19. The Balaban J connectivity index is 1.61. The van der Waals surface area contributed by atoms with Gasteiger partial charge in [-0.25, -0.2) is 4.98 Å². The van der Waals surface area contributed by atoms with E-state index in [1.54, 1.807) is 0 Å². The van der Waals surface area contributed by atoms with E-state index in [9.17, 15) is 0 Å². The Morgan fingerprint density at radius 2 is 1.72 bits per heavy atom. The minimum Gasteiger partial charge on any atom is -0.490 e. The standard InChI is InChI=1S/C27H29BrN2O2/c1-6-31-24-15-19(26-29-22-12-7-17(2)13-23(22)30-26)14-21(28)25(24)32-16-18-8-10-20(11-9-18)27(3,4)5/h7-15H,6,16H2,1-5H3,(H,29,30). The van der Waals surface area contributed by atoms with E-state index in [1.807, 2.05) is 25.1 Å². The van der Waals surface area contributed by atoms with Crippen molar-refractivity contribution < 1.29 is 9.47 Å². The summed E-state index contributed by atoms with van der Waals surface area (Å²) < 4.78 is 13.0. The second-order valence-electron chi connectivity index (χ2n) is 9.06. The van der Waals surface area contributed by atoms with Crippen molar-refractivity contribution in [2.24, 2.45) is 0 Å². The van der Waals surface area contributed by atoms with Gasteiger partial charge >= 0.3 is 0 Å². The summed E-state index contributed by atoms with van der Waals surface area (Å²) in [7, 11) is 0. The van der Waals surface area contributed by atoms with Crippen molar-refractivity contribution >= 4 is 27.0 Å². The Kier molecular flexibility index (Phi) is 6.29. The topological polar surface area (TPSA) is 47.1 Å². The zero-order valence-electron chi connectivity index (χ0n) is 19.3. The number of halogens is 1. The van der Waals surface area contributed by atoms with Gasteiger partial charge in [-0.15, -0.1) is 0 Å². The third-order valence-electron chi connectivity index (χ3n) is 5.42. The number of imidazole rings is 1. The Morgan fingerprint density at radius 3 is 2.41 bits per heavy atom. The van der Waals surface area contributed by atoms with Crippen molar-refractivity contribution in [3.8, 4) is 22.9 Å². The molecule has 0 amide bonds. The third kappa shape index (κ3) is 4.83. The van der Waals surface area contributed by atoms with E-state index < -0.39 is 0 Å². The van der Waals surface area contributed by atoms with E-state index in [4.69, 9.17) is 14.5 Å². The molecule has 32 heavy (non-hydrogen) atoms. The summed E-state index contributed by atoms with van der Waals surface area (Å²) in [5.41, 5.74) is 6.66. The number of benzene rings is 3. The van der Waals surface area contributed by atoms with E-state index in [1.165, 1.54) is 11.1 Å². The van der Waals surface area contributed by atoms with Crippen molar-refractivity contribution in [2.45, 2.75) is 46.6 Å². The monoisotopic (exact) mass is 492 g/mol. The summed E-state index contributed by atoms with van der Waals surface area (Å²) in [6.07, 6.45) is 0. The molecule has 0 unspecified atom stereocenters. The number of aromatic nitrogens is 2. The quantitative estimate of drug-likeness (QED) is 0.301. The molecule has 0 radical (unpaired) electrons. The molecule has 5 heteroatoms. The van der Waals surface area contributed by atoms with E-state index in [-0.39, 0.29) is 5.41 Å². The third-order valence-corrected chi connectivity index (χ3v) is 6.01. The molecule has 0 saturated heterocycles. The molecule has 1 heterocycles. The molecule has 4 aromatic rings. The highest BCUT2D eigenvalue weighted by atomic mass is 79.9. The summed E-state index contributed by atoms with van der Waals surface area (Å²) in [6.45, 7) is 11.7. The van der Waals surface area contributed by atoms with Gasteiger partial charge in [-0.3, -0.25) is 0 Å². The molecule has 0 spiro atoms. The highest BCUT2D eigenvalue weighted by Gasteiger charge is 2.16. The van der Waals surface area contributed by atoms with Gasteiger partial charge in [0.1, 0.15) is 12.4 Å². The first-order valence-electron chi connectivity index (χ1n) is 10.9. The number of rotatable bonds is 6. The molecule has 166 valence electrons. The lowest BCUT2D eigenvalue weighted by Gasteiger charge is -2.19. The summed E-state index contributed by atoms with van der Waals surface area (Å²) >= 11 is 3.69. The van der Waals surface area contributed by atoms with E-state index in [0.717, 1.165) is 32.5 Å². The van der Waals surface area contributed by atoms with Gasteiger partial charge in [0.25, 0.3) is 0 Å². The van der Waals surface area contributed by atoms with Crippen molar-refractivity contribution in [3.63, 3.8) is 0 Å². The van der Waals surface area contributed by atoms with E-state index in [0.29, 0.717) is 24.7 Å². The number of H-pyrrole nitrogens is 1. The zero-order chi connectivity index (χ0) is 22.9. The van der Waals surface area contributed by atoms with Crippen LogP contribution in [0.1, 0.15) is 44.4 Å². The first-order valence-corrected chi connectivity index (χ1v) is 11.7. The predicted octanol–water partition coefficient (Wildman–Crippen LogP) is 7.58. The van der Waals surface area contributed by atoms with Crippen LogP contribution in [0.4, 0.5) is 0 Å². The van der Waals surface area contributed by atoms with Gasteiger partial charge in [0, 0.05) is 5.56 Å². The lowest BCUT2D eigenvalue weighted by atomic mass is 9.87. The number of fused-ring (bicyclic) bond motifs is 1. The highest BCUT2D eigenvalue weighted by Crippen LogP contribution is 2.40. The van der Waals surface area contributed by atoms with Crippen LogP contribution in [0.2, 0.25) is 0 Å².